The predicted octanol–water partition coefficient (Wildman–Crippen LogP) is 4.14. The van der Waals surface area contributed by atoms with Crippen LogP contribution < -0.4 is 0 Å². The first kappa shape index (κ1) is 14.5. The summed E-state index contributed by atoms with van der Waals surface area (Å²) < 4.78 is 4.97. The van der Waals surface area contributed by atoms with Crippen LogP contribution in [0.1, 0.15) is 11.3 Å². The topological polar surface area (TPSA) is 58.6 Å². The van der Waals surface area contributed by atoms with Crippen LogP contribution in [0, 0.1) is 6.92 Å². The van der Waals surface area contributed by atoms with Crippen molar-refractivity contribution in [2.24, 2.45) is 5.16 Å². The van der Waals surface area contributed by atoms with Crippen molar-refractivity contribution in [3.8, 4) is 11.3 Å². The van der Waals surface area contributed by atoms with Crippen LogP contribution in [0.3, 0.4) is 0 Å². The smallest absolute Gasteiger partial charge is 0.134 e. The average molecular weight is 280 g/mol. The van der Waals surface area contributed by atoms with Crippen molar-refractivity contribution in [3.63, 3.8) is 0 Å². The first-order valence-electron chi connectivity index (χ1n) is 6.51. The second-order valence-corrected chi connectivity index (χ2v) is 4.34. The number of aromatic nitrogens is 1. The van der Waals surface area contributed by atoms with E-state index in [0.29, 0.717) is 0 Å². The number of oxime groups is 1. The number of nitrogens with zero attached hydrogens (tertiary/aromatic N) is 2. The van der Waals surface area contributed by atoms with Crippen molar-refractivity contribution in [2.75, 3.05) is 0 Å². The van der Waals surface area contributed by atoms with Gasteiger partial charge in [-0.05, 0) is 12.5 Å². The Hall–Kier alpha value is -2.88. The van der Waals surface area contributed by atoms with Crippen LogP contribution in [-0.2, 0) is 0 Å². The molecule has 0 aliphatic heterocycles. The molecule has 0 saturated heterocycles. The third-order valence-electron chi connectivity index (χ3n) is 2.70. The molecule has 0 fully saturated rings. The van der Waals surface area contributed by atoms with Crippen LogP contribution in [0.4, 0.5) is 0 Å². The van der Waals surface area contributed by atoms with E-state index in [0.717, 1.165) is 22.6 Å². The Bertz CT molecular complexity index is 676. The van der Waals surface area contributed by atoms with Crippen molar-refractivity contribution >= 4 is 6.21 Å². The van der Waals surface area contributed by atoms with Gasteiger partial charge in [-0.1, -0.05) is 71.0 Å². The van der Waals surface area contributed by atoms with E-state index in [2.05, 4.69) is 10.3 Å². The SMILES string of the molecule is Cc1cc(-c2ccccc2)no1.ON=Cc1ccccc1. The summed E-state index contributed by atoms with van der Waals surface area (Å²) in [4.78, 5) is 0. The second-order valence-electron chi connectivity index (χ2n) is 4.34. The van der Waals surface area contributed by atoms with Gasteiger partial charge in [-0.15, -0.1) is 0 Å². The Labute approximate surface area is 123 Å². The maximum Gasteiger partial charge on any atom is 0.134 e. The molecule has 3 rings (SSSR count). The summed E-state index contributed by atoms with van der Waals surface area (Å²) >= 11 is 0. The molecule has 0 aliphatic rings. The first-order chi connectivity index (χ1) is 10.3. The molecule has 0 radical (unpaired) electrons. The van der Waals surface area contributed by atoms with Crippen LogP contribution >= 0.6 is 0 Å². The van der Waals surface area contributed by atoms with Crippen LogP contribution in [-0.4, -0.2) is 16.6 Å². The normalized spacial score (nSPS) is 10.1. The number of benzene rings is 2. The van der Waals surface area contributed by atoms with Gasteiger partial charge in [-0.3, -0.25) is 0 Å². The Morgan fingerprint density at radius 2 is 1.62 bits per heavy atom. The second kappa shape index (κ2) is 7.65. The molecule has 106 valence electrons. The molecule has 0 bridgehead atoms. The molecule has 3 aromatic rings. The van der Waals surface area contributed by atoms with E-state index in [1.807, 2.05) is 73.7 Å². The van der Waals surface area contributed by atoms with Gasteiger partial charge in [0.25, 0.3) is 0 Å². The fraction of sp³-hybridized carbons (Fsp3) is 0.0588. The highest BCUT2D eigenvalue weighted by Gasteiger charge is 2.00. The molecular weight excluding hydrogens is 264 g/mol. The molecule has 0 aliphatic carbocycles. The van der Waals surface area contributed by atoms with E-state index in [9.17, 15) is 0 Å². The molecule has 0 saturated carbocycles. The summed E-state index contributed by atoms with van der Waals surface area (Å²) in [6.45, 7) is 1.89. The third kappa shape index (κ3) is 4.62. The summed E-state index contributed by atoms with van der Waals surface area (Å²) in [5.41, 5.74) is 2.89. The molecule has 1 N–H and O–H groups in total. The Kier molecular flexibility index (Phi) is 5.29. The molecule has 21 heavy (non-hydrogen) atoms. The maximum atomic E-state index is 8.09. The number of hydrogen-bond donors (Lipinski definition) is 1. The minimum Gasteiger partial charge on any atom is -0.411 e. The van der Waals surface area contributed by atoms with Crippen molar-refractivity contribution in [2.45, 2.75) is 6.92 Å². The molecule has 0 atom stereocenters. The molecule has 0 amide bonds. The van der Waals surface area contributed by atoms with E-state index in [-0.39, 0.29) is 0 Å². The fourth-order valence-corrected chi connectivity index (χ4v) is 1.72. The number of hydrogen-bond acceptors (Lipinski definition) is 4. The zero-order valence-corrected chi connectivity index (χ0v) is 11.7. The zero-order chi connectivity index (χ0) is 14.9. The molecule has 1 heterocycles. The highest BCUT2D eigenvalue weighted by Crippen LogP contribution is 2.17. The molecule has 4 heteroatoms. The molecular formula is C17H16N2O2. The first-order valence-corrected chi connectivity index (χ1v) is 6.51. The lowest BCUT2D eigenvalue weighted by Gasteiger charge is -1.90. The van der Waals surface area contributed by atoms with E-state index in [4.69, 9.17) is 9.73 Å². The lowest BCUT2D eigenvalue weighted by atomic mass is 10.1. The monoisotopic (exact) mass is 280 g/mol. The van der Waals surface area contributed by atoms with Gasteiger partial charge in [0.2, 0.25) is 0 Å². The summed E-state index contributed by atoms with van der Waals surface area (Å²) in [6.07, 6.45) is 1.39. The highest BCUT2D eigenvalue weighted by molar-refractivity contribution is 5.78. The van der Waals surface area contributed by atoms with E-state index < -0.39 is 0 Å². The fourth-order valence-electron chi connectivity index (χ4n) is 1.72. The summed E-state index contributed by atoms with van der Waals surface area (Å²) in [5, 5.41) is 14.9. The lowest BCUT2D eigenvalue weighted by Crippen LogP contribution is -1.76. The van der Waals surface area contributed by atoms with E-state index in [1.54, 1.807) is 0 Å². The van der Waals surface area contributed by atoms with Crippen molar-refractivity contribution in [3.05, 3.63) is 78.1 Å². The standard InChI is InChI=1S/C10H9NO.C7H7NO/c1-8-7-10(11-12-8)9-5-3-2-4-6-9;9-8-6-7-4-2-1-3-5-7/h2-7H,1H3;1-6,9H. The average Bonchev–Trinajstić information content (AvgIpc) is 2.97. The Morgan fingerprint density at radius 3 is 2.14 bits per heavy atom. The summed E-state index contributed by atoms with van der Waals surface area (Å²) in [6, 6.07) is 21.3. The quantitative estimate of drug-likeness (QED) is 0.436. The summed E-state index contributed by atoms with van der Waals surface area (Å²) in [7, 11) is 0. The minimum absolute atomic E-state index is 0.842. The Balaban J connectivity index is 0.000000161. The lowest BCUT2D eigenvalue weighted by molar-refractivity contribution is 0.322. The molecule has 2 aromatic carbocycles. The molecule has 0 unspecified atom stereocenters. The van der Waals surface area contributed by atoms with Crippen LogP contribution in [0.15, 0.2) is 76.4 Å². The van der Waals surface area contributed by atoms with Gasteiger partial charge >= 0.3 is 0 Å². The Morgan fingerprint density at radius 1 is 1.00 bits per heavy atom. The van der Waals surface area contributed by atoms with Gasteiger partial charge in [0.1, 0.15) is 11.5 Å². The van der Waals surface area contributed by atoms with Gasteiger partial charge in [0.05, 0.1) is 6.21 Å². The van der Waals surface area contributed by atoms with Gasteiger partial charge in [-0.2, -0.15) is 0 Å². The van der Waals surface area contributed by atoms with Crippen molar-refractivity contribution < 1.29 is 9.73 Å². The minimum atomic E-state index is 0.842. The van der Waals surface area contributed by atoms with E-state index in [1.165, 1.54) is 6.21 Å². The molecule has 4 nitrogen and oxygen atoms in total. The summed E-state index contributed by atoms with van der Waals surface area (Å²) in [5.74, 6) is 0.842. The molecule has 0 spiro atoms. The highest BCUT2D eigenvalue weighted by atomic mass is 16.5. The third-order valence-corrected chi connectivity index (χ3v) is 2.70. The predicted molar refractivity (Wildman–Crippen MR) is 82.5 cm³/mol. The van der Waals surface area contributed by atoms with Crippen molar-refractivity contribution in [1.29, 1.82) is 0 Å². The van der Waals surface area contributed by atoms with Crippen molar-refractivity contribution in [1.82, 2.24) is 5.16 Å². The number of rotatable bonds is 2. The van der Waals surface area contributed by atoms with Gasteiger partial charge in [-0.25, -0.2) is 0 Å². The largest absolute Gasteiger partial charge is 0.411 e. The molecule has 1 aromatic heterocycles. The van der Waals surface area contributed by atoms with Crippen LogP contribution in [0.5, 0.6) is 0 Å². The van der Waals surface area contributed by atoms with Gasteiger partial charge in [0, 0.05) is 11.6 Å². The van der Waals surface area contributed by atoms with Crippen LogP contribution in [0.25, 0.3) is 11.3 Å². The number of aryl methyl sites for hydroxylation is 1. The zero-order valence-electron chi connectivity index (χ0n) is 11.7. The van der Waals surface area contributed by atoms with Gasteiger partial charge in [0.15, 0.2) is 0 Å². The van der Waals surface area contributed by atoms with Gasteiger partial charge < -0.3 is 9.73 Å². The van der Waals surface area contributed by atoms with Crippen LogP contribution in [0.2, 0.25) is 0 Å². The van der Waals surface area contributed by atoms with E-state index >= 15 is 0 Å². The maximum absolute atomic E-state index is 8.09.